The van der Waals surface area contributed by atoms with Gasteiger partial charge in [-0.05, 0) is 19.1 Å². The summed E-state index contributed by atoms with van der Waals surface area (Å²) in [5.74, 6) is 2.42. The van der Waals surface area contributed by atoms with Crippen LogP contribution in [0.4, 0.5) is 0 Å². The Morgan fingerprint density at radius 3 is 2.82 bits per heavy atom. The zero-order valence-electron chi connectivity index (χ0n) is 7.60. The van der Waals surface area contributed by atoms with Gasteiger partial charge in [0.25, 0.3) is 0 Å². The Morgan fingerprint density at radius 1 is 1.55 bits per heavy atom. The first-order valence-electron chi connectivity index (χ1n) is 4.17. The molecule has 0 aliphatic carbocycles. The molecule has 1 heteroatoms. The molecule has 0 nitrogen and oxygen atoms in total. The van der Waals surface area contributed by atoms with Crippen molar-refractivity contribution in [2.45, 2.75) is 26.7 Å². The molecule has 0 N–H and O–H groups in total. The third kappa shape index (κ3) is 9.83. The van der Waals surface area contributed by atoms with Crippen molar-refractivity contribution >= 4 is 11.8 Å². The topological polar surface area (TPSA) is 0 Å². The molecule has 0 aliphatic rings. The fourth-order valence-corrected chi connectivity index (χ4v) is 1.54. The van der Waals surface area contributed by atoms with E-state index in [-0.39, 0.29) is 0 Å². The Bertz CT molecular complexity index is 125. The quantitative estimate of drug-likeness (QED) is 0.433. The average Bonchev–Trinajstić information content (AvgIpc) is 1.96. The summed E-state index contributed by atoms with van der Waals surface area (Å²) in [6, 6.07) is 0. The van der Waals surface area contributed by atoms with Gasteiger partial charge in [0, 0.05) is 5.75 Å². The van der Waals surface area contributed by atoms with Crippen LogP contribution < -0.4 is 0 Å². The van der Waals surface area contributed by atoms with Crippen molar-refractivity contribution in [3.05, 3.63) is 24.3 Å². The molecule has 0 aliphatic heterocycles. The van der Waals surface area contributed by atoms with E-state index in [1.807, 2.05) is 18.7 Å². The highest BCUT2D eigenvalue weighted by Crippen LogP contribution is 2.04. The molecule has 0 aromatic rings. The Labute approximate surface area is 74.8 Å². The van der Waals surface area contributed by atoms with E-state index in [1.54, 1.807) is 0 Å². The molecule has 0 saturated heterocycles. The van der Waals surface area contributed by atoms with Gasteiger partial charge in [-0.1, -0.05) is 37.6 Å². The van der Waals surface area contributed by atoms with Crippen LogP contribution in [-0.4, -0.2) is 11.5 Å². The molecular formula is C10H18S. The molecule has 0 heterocycles. The van der Waals surface area contributed by atoms with Crippen LogP contribution in [-0.2, 0) is 0 Å². The lowest BCUT2D eigenvalue weighted by Gasteiger charge is -1.94. The van der Waals surface area contributed by atoms with Gasteiger partial charge in [-0.3, -0.25) is 0 Å². The molecule has 64 valence electrons. The molecule has 0 bridgehead atoms. The van der Waals surface area contributed by atoms with E-state index in [4.69, 9.17) is 0 Å². The lowest BCUT2D eigenvalue weighted by molar-refractivity contribution is 0.897. The smallest absolute Gasteiger partial charge is 0.0116 e. The molecular weight excluding hydrogens is 152 g/mol. The predicted octanol–water partition coefficient (Wildman–Crippen LogP) is 3.65. The van der Waals surface area contributed by atoms with E-state index < -0.39 is 0 Å². The molecule has 0 atom stereocenters. The molecule has 0 radical (unpaired) electrons. The van der Waals surface area contributed by atoms with Gasteiger partial charge >= 0.3 is 0 Å². The first-order valence-corrected chi connectivity index (χ1v) is 5.32. The van der Waals surface area contributed by atoms with Gasteiger partial charge in [0.1, 0.15) is 0 Å². The highest BCUT2D eigenvalue weighted by molar-refractivity contribution is 7.99. The van der Waals surface area contributed by atoms with Crippen molar-refractivity contribution in [3.63, 3.8) is 0 Å². The largest absolute Gasteiger partial charge is 0.158 e. The maximum absolute atomic E-state index is 3.79. The molecule has 0 aromatic heterocycles. The minimum Gasteiger partial charge on any atom is -0.158 e. The second-order valence-corrected chi connectivity index (χ2v) is 3.83. The average molecular weight is 170 g/mol. The normalized spacial score (nSPS) is 10.7. The third-order valence-electron chi connectivity index (χ3n) is 1.26. The van der Waals surface area contributed by atoms with E-state index >= 15 is 0 Å². The van der Waals surface area contributed by atoms with E-state index in [9.17, 15) is 0 Å². The number of rotatable bonds is 6. The summed E-state index contributed by atoms with van der Waals surface area (Å²) in [4.78, 5) is 0. The van der Waals surface area contributed by atoms with Crippen LogP contribution in [0.15, 0.2) is 24.3 Å². The molecule has 0 unspecified atom stereocenters. The molecule has 0 spiro atoms. The Balaban J connectivity index is 3.07. The van der Waals surface area contributed by atoms with Gasteiger partial charge in [-0.2, -0.15) is 11.8 Å². The molecule has 0 saturated carbocycles. The van der Waals surface area contributed by atoms with E-state index in [0.717, 1.165) is 11.3 Å². The summed E-state index contributed by atoms with van der Waals surface area (Å²) in [5, 5.41) is 0. The van der Waals surface area contributed by atoms with Crippen LogP contribution in [0, 0.1) is 0 Å². The maximum Gasteiger partial charge on any atom is 0.0116 e. The van der Waals surface area contributed by atoms with E-state index in [2.05, 4.69) is 25.7 Å². The summed E-state index contributed by atoms with van der Waals surface area (Å²) in [6.45, 7) is 8.04. The zero-order valence-corrected chi connectivity index (χ0v) is 8.41. The van der Waals surface area contributed by atoms with Crippen molar-refractivity contribution in [2.24, 2.45) is 0 Å². The van der Waals surface area contributed by atoms with Gasteiger partial charge in [0.15, 0.2) is 0 Å². The van der Waals surface area contributed by atoms with Gasteiger partial charge in [0.05, 0.1) is 0 Å². The number of unbranched alkanes of at least 4 members (excludes halogenated alkanes) is 1. The van der Waals surface area contributed by atoms with Gasteiger partial charge in [-0.25, -0.2) is 0 Å². The standard InChI is InChI=1S/C10H18S/c1-4-5-8-11-9-6-7-10(2)3/h6-7H,2,4-5,8-9H2,1,3H3/b7-6-. The van der Waals surface area contributed by atoms with Crippen LogP contribution in [0.25, 0.3) is 0 Å². The molecule has 0 rings (SSSR count). The van der Waals surface area contributed by atoms with Crippen LogP contribution in [0.1, 0.15) is 26.7 Å². The predicted molar refractivity (Wildman–Crippen MR) is 56.2 cm³/mol. The Morgan fingerprint density at radius 2 is 2.27 bits per heavy atom. The van der Waals surface area contributed by atoms with Crippen molar-refractivity contribution in [2.75, 3.05) is 11.5 Å². The van der Waals surface area contributed by atoms with Crippen molar-refractivity contribution < 1.29 is 0 Å². The van der Waals surface area contributed by atoms with E-state index in [0.29, 0.717) is 0 Å². The first-order chi connectivity index (χ1) is 5.27. The molecule has 0 aromatic carbocycles. The summed E-state index contributed by atoms with van der Waals surface area (Å²) in [6.07, 6.45) is 6.91. The number of allylic oxidation sites excluding steroid dienone is 2. The van der Waals surface area contributed by atoms with Crippen LogP contribution in [0.3, 0.4) is 0 Å². The van der Waals surface area contributed by atoms with Crippen LogP contribution in [0.2, 0.25) is 0 Å². The first kappa shape index (κ1) is 10.8. The van der Waals surface area contributed by atoms with Crippen molar-refractivity contribution in [1.29, 1.82) is 0 Å². The Kier molecular flexibility index (Phi) is 7.81. The lowest BCUT2D eigenvalue weighted by atomic mass is 10.3. The molecule has 0 fully saturated rings. The monoisotopic (exact) mass is 170 g/mol. The minimum absolute atomic E-state index is 1.13. The SMILES string of the molecule is C=C(C)/C=C\CSCCCC. The second-order valence-electron chi connectivity index (χ2n) is 2.68. The number of hydrogen-bond donors (Lipinski definition) is 0. The highest BCUT2D eigenvalue weighted by Gasteiger charge is 1.83. The lowest BCUT2D eigenvalue weighted by Crippen LogP contribution is -1.78. The summed E-state index contributed by atoms with van der Waals surface area (Å²) < 4.78 is 0. The number of hydrogen-bond acceptors (Lipinski definition) is 1. The summed E-state index contributed by atoms with van der Waals surface area (Å²) >= 11 is 1.99. The fraction of sp³-hybridized carbons (Fsp3) is 0.600. The van der Waals surface area contributed by atoms with Crippen molar-refractivity contribution in [1.82, 2.24) is 0 Å². The summed E-state index contributed by atoms with van der Waals surface area (Å²) in [5.41, 5.74) is 1.14. The number of thioether (sulfide) groups is 1. The minimum atomic E-state index is 1.13. The highest BCUT2D eigenvalue weighted by atomic mass is 32.2. The van der Waals surface area contributed by atoms with Crippen molar-refractivity contribution in [3.8, 4) is 0 Å². The van der Waals surface area contributed by atoms with Gasteiger partial charge < -0.3 is 0 Å². The van der Waals surface area contributed by atoms with Crippen LogP contribution >= 0.6 is 11.8 Å². The van der Waals surface area contributed by atoms with Gasteiger partial charge in [-0.15, -0.1) is 0 Å². The van der Waals surface area contributed by atoms with Gasteiger partial charge in [0.2, 0.25) is 0 Å². The maximum atomic E-state index is 3.79. The molecule has 0 amide bonds. The van der Waals surface area contributed by atoms with E-state index in [1.165, 1.54) is 18.6 Å². The summed E-state index contributed by atoms with van der Waals surface area (Å²) in [7, 11) is 0. The second kappa shape index (κ2) is 7.93. The van der Waals surface area contributed by atoms with Crippen LogP contribution in [0.5, 0.6) is 0 Å². The fourth-order valence-electron chi connectivity index (χ4n) is 0.647. The molecule has 11 heavy (non-hydrogen) atoms. The zero-order chi connectivity index (χ0) is 8.53. The third-order valence-corrected chi connectivity index (χ3v) is 2.26. The Hall–Kier alpha value is -0.170.